The number of anilines is 1. The van der Waals surface area contributed by atoms with Gasteiger partial charge in [0.05, 0.1) is 12.1 Å². The minimum atomic E-state index is -0.491. The number of rotatable bonds is 5. The molecule has 0 bridgehead atoms. The molecule has 1 aromatic carbocycles. The minimum Gasteiger partial charge on any atom is -0.384 e. The van der Waals surface area contributed by atoms with E-state index in [0.29, 0.717) is 12.1 Å². The standard InChI is InChI=1S/C20H22N4O3/c1-21-19(26)16-9-13(18(25)23-14-5-6-14)11-24(20(16)27)10-12-3-2-4-17-15(12)7-8-22-17/h2-4,9,11,14,22H,5-8,10H2,1H3,(H,21,26)(H,23,25). The highest BCUT2D eigenvalue weighted by Gasteiger charge is 2.25. The van der Waals surface area contributed by atoms with Gasteiger partial charge in [0.1, 0.15) is 5.56 Å². The lowest BCUT2D eigenvalue weighted by molar-refractivity contribution is 0.0950. The van der Waals surface area contributed by atoms with Crippen molar-refractivity contribution in [1.82, 2.24) is 15.2 Å². The van der Waals surface area contributed by atoms with Gasteiger partial charge in [-0.25, -0.2) is 0 Å². The molecular weight excluding hydrogens is 344 g/mol. The molecule has 2 amide bonds. The summed E-state index contributed by atoms with van der Waals surface area (Å²) in [7, 11) is 1.47. The van der Waals surface area contributed by atoms with Crippen molar-refractivity contribution in [1.29, 1.82) is 0 Å². The highest BCUT2D eigenvalue weighted by Crippen LogP contribution is 2.26. The molecule has 2 aliphatic rings. The molecule has 1 aliphatic heterocycles. The summed E-state index contributed by atoms with van der Waals surface area (Å²) in [6, 6.07) is 7.52. The molecule has 2 heterocycles. The zero-order valence-corrected chi connectivity index (χ0v) is 15.2. The number of fused-ring (bicyclic) bond motifs is 1. The van der Waals surface area contributed by atoms with E-state index in [1.54, 1.807) is 6.20 Å². The highest BCUT2D eigenvalue weighted by molar-refractivity contribution is 5.99. The van der Waals surface area contributed by atoms with Crippen LogP contribution in [-0.4, -0.2) is 36.0 Å². The van der Waals surface area contributed by atoms with E-state index in [1.807, 2.05) is 18.2 Å². The lowest BCUT2D eigenvalue weighted by Crippen LogP contribution is -2.34. The van der Waals surface area contributed by atoms with Gasteiger partial charge in [-0.15, -0.1) is 0 Å². The molecule has 1 fully saturated rings. The monoisotopic (exact) mass is 366 g/mol. The SMILES string of the molecule is CNC(=O)c1cc(C(=O)NC2CC2)cn(Cc2cccc3c2CCN3)c1=O. The summed E-state index contributed by atoms with van der Waals surface area (Å²) in [5.74, 6) is -0.744. The van der Waals surface area contributed by atoms with E-state index < -0.39 is 11.5 Å². The summed E-state index contributed by atoms with van der Waals surface area (Å²) in [5, 5.41) is 8.71. The van der Waals surface area contributed by atoms with E-state index in [9.17, 15) is 14.4 Å². The Labute approximate surface area is 156 Å². The molecule has 4 rings (SSSR count). The van der Waals surface area contributed by atoms with E-state index in [0.717, 1.165) is 37.1 Å². The smallest absolute Gasteiger partial charge is 0.263 e. The molecule has 0 spiro atoms. The summed E-state index contributed by atoms with van der Waals surface area (Å²) < 4.78 is 1.46. The number of carbonyl (C=O) groups is 2. The number of nitrogens with one attached hydrogen (secondary N) is 3. The number of nitrogens with zero attached hydrogens (tertiary/aromatic N) is 1. The minimum absolute atomic E-state index is 0.0216. The molecule has 7 heteroatoms. The predicted octanol–water partition coefficient (Wildman–Crippen LogP) is 1.12. The number of hydrogen-bond donors (Lipinski definition) is 3. The molecule has 1 aromatic heterocycles. The Bertz CT molecular complexity index is 976. The molecule has 1 saturated carbocycles. The van der Waals surface area contributed by atoms with E-state index in [-0.39, 0.29) is 17.5 Å². The molecule has 3 N–H and O–H groups in total. The second kappa shape index (κ2) is 6.90. The number of benzene rings is 1. The van der Waals surface area contributed by atoms with E-state index in [1.165, 1.54) is 23.2 Å². The van der Waals surface area contributed by atoms with Gasteiger partial charge in [-0.2, -0.15) is 0 Å². The van der Waals surface area contributed by atoms with Crippen molar-refractivity contribution in [3.8, 4) is 0 Å². The maximum absolute atomic E-state index is 12.8. The van der Waals surface area contributed by atoms with Crippen molar-refractivity contribution in [2.75, 3.05) is 18.9 Å². The van der Waals surface area contributed by atoms with Crippen molar-refractivity contribution in [3.05, 3.63) is 63.1 Å². The Morgan fingerprint density at radius 3 is 2.81 bits per heavy atom. The molecule has 0 radical (unpaired) electrons. The third-order valence-electron chi connectivity index (χ3n) is 5.04. The predicted molar refractivity (Wildman–Crippen MR) is 102 cm³/mol. The van der Waals surface area contributed by atoms with E-state index >= 15 is 0 Å². The number of pyridine rings is 1. The average Bonchev–Trinajstić information content (AvgIpc) is 3.35. The van der Waals surface area contributed by atoms with Gasteiger partial charge in [-0.3, -0.25) is 14.4 Å². The number of hydrogen-bond acceptors (Lipinski definition) is 4. The Morgan fingerprint density at radius 2 is 2.07 bits per heavy atom. The number of carbonyl (C=O) groups excluding carboxylic acids is 2. The third kappa shape index (κ3) is 3.45. The van der Waals surface area contributed by atoms with Crippen LogP contribution in [0.5, 0.6) is 0 Å². The molecule has 1 aliphatic carbocycles. The van der Waals surface area contributed by atoms with Gasteiger partial charge >= 0.3 is 0 Å². The molecule has 7 nitrogen and oxygen atoms in total. The van der Waals surface area contributed by atoms with Crippen LogP contribution in [0.25, 0.3) is 0 Å². The first kappa shape index (κ1) is 17.3. The van der Waals surface area contributed by atoms with Crippen LogP contribution in [0.1, 0.15) is 44.7 Å². The van der Waals surface area contributed by atoms with Gasteiger partial charge in [0.2, 0.25) is 0 Å². The maximum Gasteiger partial charge on any atom is 0.263 e. The fourth-order valence-corrected chi connectivity index (χ4v) is 3.42. The summed E-state index contributed by atoms with van der Waals surface area (Å²) >= 11 is 0. The van der Waals surface area contributed by atoms with Crippen molar-refractivity contribution < 1.29 is 9.59 Å². The number of amides is 2. The summed E-state index contributed by atoms with van der Waals surface area (Å²) in [4.78, 5) is 37.5. The third-order valence-corrected chi connectivity index (χ3v) is 5.04. The van der Waals surface area contributed by atoms with Crippen molar-refractivity contribution >= 4 is 17.5 Å². The van der Waals surface area contributed by atoms with Crippen LogP contribution in [0.15, 0.2) is 35.3 Å². The van der Waals surface area contributed by atoms with Crippen LogP contribution in [0.2, 0.25) is 0 Å². The van der Waals surface area contributed by atoms with Gasteiger partial charge in [0, 0.05) is 31.5 Å². The molecule has 0 atom stereocenters. The second-order valence-corrected chi connectivity index (χ2v) is 7.02. The van der Waals surface area contributed by atoms with Crippen LogP contribution in [-0.2, 0) is 13.0 Å². The molecule has 0 saturated heterocycles. The first-order valence-electron chi connectivity index (χ1n) is 9.19. The summed E-state index contributed by atoms with van der Waals surface area (Å²) in [5.41, 5.74) is 3.17. The Hall–Kier alpha value is -3.09. The Balaban J connectivity index is 1.74. The van der Waals surface area contributed by atoms with E-state index in [4.69, 9.17) is 0 Å². The van der Waals surface area contributed by atoms with Crippen LogP contribution in [0, 0.1) is 0 Å². The van der Waals surface area contributed by atoms with Gasteiger partial charge < -0.3 is 20.5 Å². The summed E-state index contributed by atoms with van der Waals surface area (Å²) in [6.07, 6.45) is 4.38. The van der Waals surface area contributed by atoms with Crippen LogP contribution in [0.3, 0.4) is 0 Å². The largest absolute Gasteiger partial charge is 0.384 e. The Kier molecular flexibility index (Phi) is 4.43. The number of aromatic nitrogens is 1. The lowest BCUT2D eigenvalue weighted by atomic mass is 10.0. The van der Waals surface area contributed by atoms with Gasteiger partial charge in [0.25, 0.3) is 17.4 Å². The molecular formula is C20H22N4O3. The quantitative estimate of drug-likeness (QED) is 0.739. The zero-order chi connectivity index (χ0) is 19.0. The van der Waals surface area contributed by atoms with Gasteiger partial charge in [0.15, 0.2) is 0 Å². The average molecular weight is 366 g/mol. The van der Waals surface area contributed by atoms with Gasteiger partial charge in [-0.05, 0) is 42.5 Å². The fraction of sp³-hybridized carbons (Fsp3) is 0.350. The fourth-order valence-electron chi connectivity index (χ4n) is 3.42. The van der Waals surface area contributed by atoms with Crippen molar-refractivity contribution in [2.45, 2.75) is 31.8 Å². The van der Waals surface area contributed by atoms with Gasteiger partial charge in [-0.1, -0.05) is 12.1 Å². The lowest BCUT2D eigenvalue weighted by Gasteiger charge is -2.13. The topological polar surface area (TPSA) is 92.2 Å². The van der Waals surface area contributed by atoms with Crippen LogP contribution >= 0.6 is 0 Å². The first-order valence-corrected chi connectivity index (χ1v) is 9.19. The van der Waals surface area contributed by atoms with Crippen molar-refractivity contribution in [3.63, 3.8) is 0 Å². The first-order chi connectivity index (χ1) is 13.1. The van der Waals surface area contributed by atoms with E-state index in [2.05, 4.69) is 16.0 Å². The zero-order valence-electron chi connectivity index (χ0n) is 15.2. The molecule has 27 heavy (non-hydrogen) atoms. The van der Waals surface area contributed by atoms with Crippen LogP contribution < -0.4 is 21.5 Å². The normalized spacial score (nSPS) is 15.0. The maximum atomic E-state index is 12.8. The Morgan fingerprint density at radius 1 is 1.26 bits per heavy atom. The molecule has 0 unspecified atom stereocenters. The highest BCUT2D eigenvalue weighted by atomic mass is 16.2. The van der Waals surface area contributed by atoms with Crippen LogP contribution in [0.4, 0.5) is 5.69 Å². The summed E-state index contributed by atoms with van der Waals surface area (Å²) in [6.45, 7) is 1.19. The molecule has 140 valence electrons. The van der Waals surface area contributed by atoms with Crippen molar-refractivity contribution in [2.24, 2.45) is 0 Å². The molecule has 2 aromatic rings. The second-order valence-electron chi connectivity index (χ2n) is 7.02.